The Morgan fingerprint density at radius 2 is 1.95 bits per heavy atom. The van der Waals surface area contributed by atoms with Crippen molar-refractivity contribution in [2.75, 3.05) is 7.05 Å². The van der Waals surface area contributed by atoms with Crippen molar-refractivity contribution in [2.24, 2.45) is 0 Å². The SMILES string of the molecule is CN(Cc1ccc(F)c(C#N)c1)Cc1ccccc1Cl. The minimum atomic E-state index is -0.481. The van der Waals surface area contributed by atoms with Gasteiger partial charge in [-0.15, -0.1) is 0 Å². The lowest BCUT2D eigenvalue weighted by atomic mass is 10.1. The molecule has 2 rings (SSSR count). The minimum absolute atomic E-state index is 0.0774. The van der Waals surface area contributed by atoms with Crippen LogP contribution in [0.25, 0.3) is 0 Å². The molecule has 0 bridgehead atoms. The summed E-state index contributed by atoms with van der Waals surface area (Å²) in [6.07, 6.45) is 0. The van der Waals surface area contributed by atoms with E-state index >= 15 is 0 Å². The molecule has 0 fully saturated rings. The fourth-order valence-electron chi connectivity index (χ4n) is 2.04. The van der Waals surface area contributed by atoms with Crippen molar-refractivity contribution in [1.29, 1.82) is 5.26 Å². The Kier molecular flexibility index (Phi) is 4.73. The molecule has 0 heterocycles. The summed E-state index contributed by atoms with van der Waals surface area (Å²) in [5.41, 5.74) is 2.02. The molecule has 0 aliphatic rings. The number of nitriles is 1. The quantitative estimate of drug-likeness (QED) is 0.851. The third-order valence-electron chi connectivity index (χ3n) is 3.00. The second kappa shape index (κ2) is 6.51. The molecule has 102 valence electrons. The molecule has 0 spiro atoms. The van der Waals surface area contributed by atoms with Crippen molar-refractivity contribution in [3.63, 3.8) is 0 Å². The maximum Gasteiger partial charge on any atom is 0.140 e. The van der Waals surface area contributed by atoms with E-state index in [1.807, 2.05) is 37.4 Å². The van der Waals surface area contributed by atoms with Crippen LogP contribution in [0.2, 0.25) is 5.02 Å². The van der Waals surface area contributed by atoms with Gasteiger partial charge >= 0.3 is 0 Å². The van der Waals surface area contributed by atoms with Crippen LogP contribution in [0.15, 0.2) is 42.5 Å². The van der Waals surface area contributed by atoms with Crippen molar-refractivity contribution in [3.05, 3.63) is 70.0 Å². The third kappa shape index (κ3) is 3.57. The highest BCUT2D eigenvalue weighted by molar-refractivity contribution is 6.31. The zero-order valence-electron chi connectivity index (χ0n) is 11.1. The van der Waals surface area contributed by atoms with Crippen LogP contribution in [0.4, 0.5) is 4.39 Å². The Bertz CT molecular complexity index is 649. The first kappa shape index (κ1) is 14.5. The number of halogens is 2. The van der Waals surface area contributed by atoms with Gasteiger partial charge in [0, 0.05) is 18.1 Å². The molecule has 0 aromatic heterocycles. The molecule has 0 saturated carbocycles. The molecule has 2 nitrogen and oxygen atoms in total. The van der Waals surface area contributed by atoms with Crippen LogP contribution >= 0.6 is 11.6 Å². The predicted octanol–water partition coefficient (Wildman–Crippen LogP) is 3.98. The summed E-state index contributed by atoms with van der Waals surface area (Å²) in [5.74, 6) is -0.481. The van der Waals surface area contributed by atoms with Crippen LogP contribution < -0.4 is 0 Å². The molecule has 20 heavy (non-hydrogen) atoms. The molecule has 0 atom stereocenters. The first-order valence-electron chi connectivity index (χ1n) is 6.20. The monoisotopic (exact) mass is 288 g/mol. The van der Waals surface area contributed by atoms with Crippen molar-refractivity contribution in [2.45, 2.75) is 13.1 Å². The van der Waals surface area contributed by atoms with Gasteiger partial charge in [-0.3, -0.25) is 4.90 Å². The van der Waals surface area contributed by atoms with Gasteiger partial charge in [0.05, 0.1) is 5.56 Å². The number of hydrogen-bond donors (Lipinski definition) is 0. The number of rotatable bonds is 4. The fourth-order valence-corrected chi connectivity index (χ4v) is 2.24. The highest BCUT2D eigenvalue weighted by atomic mass is 35.5. The lowest BCUT2D eigenvalue weighted by molar-refractivity contribution is 0.319. The molecule has 0 aliphatic carbocycles. The largest absolute Gasteiger partial charge is 0.298 e. The van der Waals surface area contributed by atoms with Gasteiger partial charge in [0.1, 0.15) is 11.9 Å². The van der Waals surface area contributed by atoms with Crippen LogP contribution in [0, 0.1) is 17.1 Å². The van der Waals surface area contributed by atoms with Gasteiger partial charge in [0.25, 0.3) is 0 Å². The normalized spacial score (nSPS) is 10.6. The molecule has 2 aromatic carbocycles. The van der Waals surface area contributed by atoms with E-state index in [1.165, 1.54) is 6.07 Å². The maximum absolute atomic E-state index is 13.3. The van der Waals surface area contributed by atoms with Gasteiger partial charge < -0.3 is 0 Å². The fraction of sp³-hybridized carbons (Fsp3) is 0.188. The zero-order valence-corrected chi connectivity index (χ0v) is 11.9. The molecular weight excluding hydrogens is 275 g/mol. The highest BCUT2D eigenvalue weighted by Crippen LogP contribution is 2.18. The van der Waals surface area contributed by atoms with Crippen molar-refractivity contribution in [1.82, 2.24) is 4.90 Å². The van der Waals surface area contributed by atoms with E-state index in [-0.39, 0.29) is 5.56 Å². The van der Waals surface area contributed by atoms with Crippen LogP contribution in [-0.4, -0.2) is 11.9 Å². The van der Waals surface area contributed by atoms with Crippen molar-refractivity contribution in [3.8, 4) is 6.07 Å². The number of benzene rings is 2. The second-order valence-electron chi connectivity index (χ2n) is 4.69. The summed E-state index contributed by atoms with van der Waals surface area (Å²) in [6, 6.07) is 14.1. The average molecular weight is 289 g/mol. The smallest absolute Gasteiger partial charge is 0.140 e. The summed E-state index contributed by atoms with van der Waals surface area (Å²) in [6.45, 7) is 1.32. The number of nitrogens with zero attached hydrogens (tertiary/aromatic N) is 2. The lowest BCUT2D eigenvalue weighted by Crippen LogP contribution is -2.17. The van der Waals surface area contributed by atoms with E-state index in [9.17, 15) is 4.39 Å². The Morgan fingerprint density at radius 1 is 1.20 bits per heavy atom. The van der Waals surface area contributed by atoms with Crippen LogP contribution in [0.5, 0.6) is 0 Å². The second-order valence-corrected chi connectivity index (χ2v) is 5.10. The zero-order chi connectivity index (χ0) is 14.5. The molecule has 0 N–H and O–H groups in total. The first-order chi connectivity index (χ1) is 9.60. The van der Waals surface area contributed by atoms with E-state index in [4.69, 9.17) is 16.9 Å². The Morgan fingerprint density at radius 3 is 2.65 bits per heavy atom. The summed E-state index contributed by atoms with van der Waals surface area (Å²) in [7, 11) is 1.96. The third-order valence-corrected chi connectivity index (χ3v) is 3.37. The van der Waals surface area contributed by atoms with Crippen molar-refractivity contribution >= 4 is 11.6 Å². The standard InChI is InChI=1S/C16H14ClFN2/c1-20(11-13-4-2-3-5-15(13)17)10-12-6-7-16(18)14(8-12)9-19/h2-8H,10-11H2,1H3. The molecule has 4 heteroatoms. The van der Waals surface area contributed by atoms with E-state index in [0.717, 1.165) is 16.1 Å². The molecule has 0 amide bonds. The summed E-state index contributed by atoms with van der Waals surface area (Å²) in [5, 5.41) is 9.56. The van der Waals surface area contributed by atoms with Crippen molar-refractivity contribution < 1.29 is 4.39 Å². The van der Waals surface area contributed by atoms with E-state index in [2.05, 4.69) is 4.90 Å². The van der Waals surface area contributed by atoms with Gasteiger partial charge in [-0.25, -0.2) is 4.39 Å². The van der Waals surface area contributed by atoms with Gasteiger partial charge in [-0.2, -0.15) is 5.26 Å². The van der Waals surface area contributed by atoms with Crippen LogP contribution in [0.1, 0.15) is 16.7 Å². The topological polar surface area (TPSA) is 27.0 Å². The van der Waals surface area contributed by atoms with E-state index < -0.39 is 5.82 Å². The van der Waals surface area contributed by atoms with Gasteiger partial charge in [-0.05, 0) is 36.4 Å². The Labute approximate surface area is 123 Å². The average Bonchev–Trinajstić information content (AvgIpc) is 2.43. The van der Waals surface area contributed by atoms with Gasteiger partial charge in [-0.1, -0.05) is 35.9 Å². The Hall–Kier alpha value is -1.89. The molecule has 0 radical (unpaired) electrons. The number of hydrogen-bond acceptors (Lipinski definition) is 2. The van der Waals surface area contributed by atoms with Crippen LogP contribution in [-0.2, 0) is 13.1 Å². The molecule has 0 aliphatic heterocycles. The minimum Gasteiger partial charge on any atom is -0.298 e. The summed E-state index contributed by atoms with van der Waals surface area (Å²) >= 11 is 6.12. The maximum atomic E-state index is 13.3. The van der Waals surface area contributed by atoms with Crippen LogP contribution in [0.3, 0.4) is 0 Å². The lowest BCUT2D eigenvalue weighted by Gasteiger charge is -2.17. The first-order valence-corrected chi connectivity index (χ1v) is 6.58. The molecule has 0 saturated heterocycles. The van der Waals surface area contributed by atoms with E-state index in [0.29, 0.717) is 13.1 Å². The predicted molar refractivity (Wildman–Crippen MR) is 77.7 cm³/mol. The van der Waals surface area contributed by atoms with Gasteiger partial charge in [0.2, 0.25) is 0 Å². The summed E-state index contributed by atoms with van der Waals surface area (Å²) < 4.78 is 13.3. The summed E-state index contributed by atoms with van der Waals surface area (Å²) in [4.78, 5) is 2.07. The molecule has 2 aromatic rings. The molecular formula is C16H14ClFN2. The Balaban J connectivity index is 2.07. The van der Waals surface area contributed by atoms with Gasteiger partial charge in [0.15, 0.2) is 0 Å². The van der Waals surface area contributed by atoms with E-state index in [1.54, 1.807) is 12.1 Å². The molecule has 0 unspecified atom stereocenters. The highest BCUT2D eigenvalue weighted by Gasteiger charge is 2.07.